The third kappa shape index (κ3) is 1.31. The van der Waals surface area contributed by atoms with Gasteiger partial charge in [0.05, 0.1) is 0 Å². The Morgan fingerprint density at radius 3 is 2.67 bits per heavy atom. The minimum absolute atomic E-state index is 0.588. The summed E-state index contributed by atoms with van der Waals surface area (Å²) in [6, 6.07) is 0.735. The van der Waals surface area contributed by atoms with Crippen LogP contribution in [-0.4, -0.2) is 24.0 Å². The van der Waals surface area contributed by atoms with Gasteiger partial charge in [-0.3, -0.25) is 0 Å². The van der Waals surface area contributed by atoms with Crippen molar-refractivity contribution in [2.45, 2.75) is 39.2 Å². The third-order valence-corrected chi connectivity index (χ3v) is 3.43. The van der Waals surface area contributed by atoms with E-state index in [2.05, 4.69) is 30.9 Å². The van der Waals surface area contributed by atoms with Crippen molar-refractivity contribution in [2.24, 2.45) is 5.41 Å². The summed E-state index contributed by atoms with van der Waals surface area (Å²) >= 11 is 0. The van der Waals surface area contributed by atoms with E-state index >= 15 is 0 Å². The zero-order chi connectivity index (χ0) is 8.60. The zero-order valence-electron chi connectivity index (χ0n) is 8.21. The molecule has 68 valence electrons. The molecule has 0 aromatic rings. The molecule has 1 aliphatic carbocycles. The van der Waals surface area contributed by atoms with Crippen LogP contribution in [0.2, 0.25) is 0 Å². The maximum Gasteiger partial charge on any atom is 0.00760 e. The lowest BCUT2D eigenvalue weighted by Crippen LogP contribution is -2.30. The fraction of sp³-hybridized carbons (Fsp3) is 0.818. The molecule has 2 rings (SSSR count). The van der Waals surface area contributed by atoms with Crippen LogP contribution in [0.3, 0.4) is 0 Å². The fourth-order valence-electron chi connectivity index (χ4n) is 2.50. The van der Waals surface area contributed by atoms with Crippen LogP contribution in [-0.2, 0) is 0 Å². The van der Waals surface area contributed by atoms with Gasteiger partial charge in [-0.2, -0.15) is 0 Å². The number of allylic oxidation sites excluding steroid dienone is 1. The number of nitrogens with zero attached hydrogens (tertiary/aromatic N) is 1. The second-order valence-electron chi connectivity index (χ2n) is 4.62. The summed E-state index contributed by atoms with van der Waals surface area (Å²) in [5.74, 6) is 0. The lowest BCUT2D eigenvalue weighted by Gasteiger charge is -2.24. The quantitative estimate of drug-likeness (QED) is 0.539. The van der Waals surface area contributed by atoms with Crippen LogP contribution in [0.15, 0.2) is 12.2 Å². The highest BCUT2D eigenvalue weighted by molar-refractivity contribution is 5.11. The lowest BCUT2D eigenvalue weighted by atomic mass is 9.87. The normalized spacial score (nSPS) is 35.9. The van der Waals surface area contributed by atoms with Crippen molar-refractivity contribution in [3.63, 3.8) is 0 Å². The van der Waals surface area contributed by atoms with Gasteiger partial charge in [0.25, 0.3) is 0 Å². The average molecular weight is 165 g/mol. The summed E-state index contributed by atoms with van der Waals surface area (Å²) in [6.07, 6.45) is 8.93. The molecule has 1 heteroatoms. The van der Waals surface area contributed by atoms with Gasteiger partial charge in [0, 0.05) is 18.0 Å². The molecule has 12 heavy (non-hydrogen) atoms. The maximum atomic E-state index is 2.61. The Kier molecular flexibility index (Phi) is 1.99. The standard InChI is InChI=1S/C11H19N/c1-10(2)12-8-7-11(9-12)5-3-4-6-11/h3,5,10H,4,6-9H2,1-2H3. The highest BCUT2D eigenvalue weighted by atomic mass is 15.2. The number of rotatable bonds is 1. The molecule has 1 heterocycles. The predicted octanol–water partition coefficient (Wildman–Crippen LogP) is 2.44. The van der Waals surface area contributed by atoms with Gasteiger partial charge >= 0.3 is 0 Å². The Labute approximate surface area is 75.4 Å². The lowest BCUT2D eigenvalue weighted by molar-refractivity contribution is 0.246. The molecule has 0 radical (unpaired) electrons. The van der Waals surface area contributed by atoms with Gasteiger partial charge in [-0.1, -0.05) is 12.2 Å². The van der Waals surface area contributed by atoms with Gasteiger partial charge in [-0.15, -0.1) is 0 Å². The largest absolute Gasteiger partial charge is 0.300 e. The van der Waals surface area contributed by atoms with Crippen LogP contribution in [0.1, 0.15) is 33.1 Å². The molecule has 1 fully saturated rings. The maximum absolute atomic E-state index is 2.61. The van der Waals surface area contributed by atoms with E-state index < -0.39 is 0 Å². The number of hydrogen-bond donors (Lipinski definition) is 0. The van der Waals surface area contributed by atoms with Crippen molar-refractivity contribution in [2.75, 3.05) is 13.1 Å². The number of hydrogen-bond acceptors (Lipinski definition) is 1. The molecule has 1 aliphatic heterocycles. The zero-order valence-corrected chi connectivity index (χ0v) is 8.21. The van der Waals surface area contributed by atoms with E-state index in [-0.39, 0.29) is 0 Å². The van der Waals surface area contributed by atoms with E-state index in [9.17, 15) is 0 Å². The first-order valence-corrected chi connectivity index (χ1v) is 5.14. The minimum Gasteiger partial charge on any atom is -0.300 e. The van der Waals surface area contributed by atoms with Crippen LogP contribution in [0, 0.1) is 5.41 Å². The summed E-state index contributed by atoms with van der Waals surface area (Å²) in [7, 11) is 0. The third-order valence-electron chi connectivity index (χ3n) is 3.43. The van der Waals surface area contributed by atoms with Gasteiger partial charge in [-0.25, -0.2) is 0 Å². The van der Waals surface area contributed by atoms with E-state index in [1.807, 2.05) is 0 Å². The van der Waals surface area contributed by atoms with E-state index in [1.54, 1.807) is 0 Å². The Bertz CT molecular complexity index is 195. The van der Waals surface area contributed by atoms with Crippen molar-refractivity contribution in [3.05, 3.63) is 12.2 Å². The molecular weight excluding hydrogens is 146 g/mol. The van der Waals surface area contributed by atoms with Crippen molar-refractivity contribution < 1.29 is 0 Å². The predicted molar refractivity (Wildman–Crippen MR) is 52.1 cm³/mol. The van der Waals surface area contributed by atoms with Gasteiger partial charge in [0.15, 0.2) is 0 Å². The molecule has 0 aromatic carbocycles. The molecule has 1 saturated heterocycles. The average Bonchev–Trinajstić information content (AvgIpc) is 2.62. The molecule has 0 saturated carbocycles. The summed E-state index contributed by atoms with van der Waals surface area (Å²) < 4.78 is 0. The molecule has 2 aliphatic rings. The molecule has 0 aromatic heterocycles. The van der Waals surface area contributed by atoms with E-state index in [4.69, 9.17) is 0 Å². The van der Waals surface area contributed by atoms with Gasteiger partial charge in [0.1, 0.15) is 0 Å². The highest BCUT2D eigenvalue weighted by Gasteiger charge is 2.37. The highest BCUT2D eigenvalue weighted by Crippen LogP contribution is 2.41. The van der Waals surface area contributed by atoms with Crippen molar-refractivity contribution in [1.29, 1.82) is 0 Å². The van der Waals surface area contributed by atoms with Crippen LogP contribution < -0.4 is 0 Å². The molecule has 1 nitrogen and oxygen atoms in total. The molecule has 1 unspecified atom stereocenters. The monoisotopic (exact) mass is 165 g/mol. The van der Waals surface area contributed by atoms with Gasteiger partial charge < -0.3 is 4.90 Å². The van der Waals surface area contributed by atoms with Crippen LogP contribution in [0.4, 0.5) is 0 Å². The van der Waals surface area contributed by atoms with Gasteiger partial charge in [-0.05, 0) is 39.7 Å². The fourth-order valence-corrected chi connectivity index (χ4v) is 2.50. The second-order valence-corrected chi connectivity index (χ2v) is 4.62. The SMILES string of the molecule is CC(C)N1CCC2(C=CCC2)C1. The molecule has 0 N–H and O–H groups in total. The Balaban J connectivity index is 2.01. The molecule has 1 spiro atoms. The van der Waals surface area contributed by atoms with Crippen molar-refractivity contribution in [3.8, 4) is 0 Å². The Morgan fingerprint density at radius 1 is 1.33 bits per heavy atom. The first-order valence-electron chi connectivity index (χ1n) is 5.14. The van der Waals surface area contributed by atoms with E-state index in [0.29, 0.717) is 5.41 Å². The molecular formula is C11H19N. The Hall–Kier alpha value is -0.300. The molecule has 0 bridgehead atoms. The smallest absolute Gasteiger partial charge is 0.00760 e. The van der Waals surface area contributed by atoms with Crippen LogP contribution in [0.25, 0.3) is 0 Å². The Morgan fingerprint density at radius 2 is 2.17 bits per heavy atom. The summed E-state index contributed by atoms with van der Waals surface area (Å²) in [4.78, 5) is 2.61. The second kappa shape index (κ2) is 2.88. The van der Waals surface area contributed by atoms with Crippen molar-refractivity contribution >= 4 is 0 Å². The van der Waals surface area contributed by atoms with Crippen molar-refractivity contribution in [1.82, 2.24) is 4.90 Å². The summed E-state index contributed by atoms with van der Waals surface area (Å²) in [5, 5.41) is 0. The van der Waals surface area contributed by atoms with Gasteiger partial charge in [0.2, 0.25) is 0 Å². The molecule has 0 amide bonds. The van der Waals surface area contributed by atoms with E-state index in [0.717, 1.165) is 6.04 Å². The topological polar surface area (TPSA) is 3.24 Å². The summed E-state index contributed by atoms with van der Waals surface area (Å²) in [6.45, 7) is 7.22. The number of likely N-dealkylation sites (tertiary alicyclic amines) is 1. The summed E-state index contributed by atoms with van der Waals surface area (Å²) in [5.41, 5.74) is 0.588. The molecule has 1 atom stereocenters. The van der Waals surface area contributed by atoms with Crippen LogP contribution >= 0.6 is 0 Å². The van der Waals surface area contributed by atoms with Crippen LogP contribution in [0.5, 0.6) is 0 Å². The van der Waals surface area contributed by atoms with E-state index in [1.165, 1.54) is 32.4 Å². The first kappa shape index (κ1) is 8.31. The first-order chi connectivity index (χ1) is 5.72. The minimum atomic E-state index is 0.588.